The minimum absolute atomic E-state index is 0.0323. The number of carbonyl (C=O) groups excluding carboxylic acids is 4. The third-order valence-corrected chi connectivity index (χ3v) is 5.37. The number of nitrogens with zero attached hydrogens (tertiary/aromatic N) is 3. The van der Waals surface area contributed by atoms with Crippen molar-refractivity contribution in [3.8, 4) is 0 Å². The molecule has 0 aromatic heterocycles. The number of hydrogen-bond acceptors (Lipinski definition) is 7. The molecule has 0 aromatic rings. The molecule has 2 rings (SSSR count). The van der Waals surface area contributed by atoms with E-state index in [0.29, 0.717) is 17.2 Å². The number of thioether (sulfide) groups is 1. The van der Waals surface area contributed by atoms with Crippen molar-refractivity contribution in [2.45, 2.75) is 20.3 Å². The van der Waals surface area contributed by atoms with Gasteiger partial charge >= 0.3 is 17.9 Å². The molecular weight excluding hydrogens is 372 g/mol. The number of fused-ring (bicyclic) bond motifs is 1. The lowest BCUT2D eigenvalue weighted by Gasteiger charge is -2.28. The molecule has 1 N–H and O–H groups in total. The van der Waals surface area contributed by atoms with Crippen LogP contribution in [0.4, 0.5) is 4.79 Å². The van der Waals surface area contributed by atoms with Gasteiger partial charge < -0.3 is 10.1 Å². The van der Waals surface area contributed by atoms with E-state index in [1.807, 2.05) is 6.92 Å². The van der Waals surface area contributed by atoms with E-state index in [1.165, 1.54) is 23.4 Å². The Labute approximate surface area is 161 Å². The van der Waals surface area contributed by atoms with Gasteiger partial charge in [0.05, 0.1) is 26.5 Å². The van der Waals surface area contributed by atoms with Crippen molar-refractivity contribution in [2.24, 2.45) is 10.9 Å². The normalized spacial score (nSPS) is 19.4. The van der Waals surface area contributed by atoms with Crippen molar-refractivity contribution in [3.63, 3.8) is 0 Å². The van der Waals surface area contributed by atoms with E-state index in [-0.39, 0.29) is 30.7 Å². The Hall–Kier alpha value is -2.49. The van der Waals surface area contributed by atoms with E-state index in [9.17, 15) is 19.2 Å². The number of aliphatic imine (C=N–C) groups is 1. The molecule has 4 amide bonds. The molecular formula is C17H23N4O5S+. The summed E-state index contributed by atoms with van der Waals surface area (Å²) >= 11 is 1.22. The molecule has 0 fully saturated rings. The number of esters is 1. The summed E-state index contributed by atoms with van der Waals surface area (Å²) in [5.74, 6) is -1.54. The number of dihydropyridines is 1. The minimum atomic E-state index is -0.708. The van der Waals surface area contributed by atoms with E-state index >= 15 is 0 Å². The number of amidine groups is 1. The molecule has 1 unspecified atom stereocenters. The maximum Gasteiger partial charge on any atom is 0.445 e. The summed E-state index contributed by atoms with van der Waals surface area (Å²) in [6, 6.07) is -0.445. The number of amides is 4. The van der Waals surface area contributed by atoms with Gasteiger partial charge in [0, 0.05) is 4.91 Å². The van der Waals surface area contributed by atoms with E-state index in [2.05, 4.69) is 10.3 Å². The number of nitrogens with one attached hydrogen (secondary N) is 1. The lowest BCUT2D eigenvalue weighted by Crippen LogP contribution is -2.52. The fourth-order valence-corrected chi connectivity index (χ4v) is 3.86. The van der Waals surface area contributed by atoms with Crippen molar-refractivity contribution < 1.29 is 28.5 Å². The van der Waals surface area contributed by atoms with Crippen LogP contribution >= 0.6 is 11.8 Å². The van der Waals surface area contributed by atoms with Crippen LogP contribution in [0, 0.1) is 5.92 Å². The fraction of sp³-hybridized carbons (Fsp3) is 0.529. The third kappa shape index (κ3) is 4.44. The van der Waals surface area contributed by atoms with E-state index < -0.39 is 17.9 Å². The Morgan fingerprint density at radius 3 is 2.70 bits per heavy atom. The summed E-state index contributed by atoms with van der Waals surface area (Å²) in [5.41, 5.74) is 0.844. The molecule has 27 heavy (non-hydrogen) atoms. The molecule has 2 aliphatic heterocycles. The van der Waals surface area contributed by atoms with Crippen LogP contribution in [0.1, 0.15) is 20.3 Å². The first-order valence-corrected chi connectivity index (χ1v) is 9.54. The Kier molecular flexibility index (Phi) is 6.89. The average Bonchev–Trinajstić information content (AvgIpc) is 2.66. The Bertz CT molecular complexity index is 771. The molecule has 0 saturated carbocycles. The monoisotopic (exact) mass is 395 g/mol. The van der Waals surface area contributed by atoms with Crippen LogP contribution in [0.25, 0.3) is 0 Å². The second-order valence-corrected chi connectivity index (χ2v) is 6.92. The van der Waals surface area contributed by atoms with Crippen molar-refractivity contribution >= 4 is 47.6 Å². The summed E-state index contributed by atoms with van der Waals surface area (Å²) in [7, 11) is 2.99. The van der Waals surface area contributed by atoms with Crippen molar-refractivity contribution in [1.82, 2.24) is 10.2 Å². The highest BCUT2D eigenvalue weighted by Crippen LogP contribution is 2.35. The van der Waals surface area contributed by atoms with Crippen molar-refractivity contribution in [1.29, 1.82) is 0 Å². The molecule has 0 bridgehead atoms. The van der Waals surface area contributed by atoms with Crippen LogP contribution in [0.3, 0.4) is 0 Å². The van der Waals surface area contributed by atoms with Gasteiger partial charge in [0.25, 0.3) is 5.84 Å². The lowest BCUT2D eigenvalue weighted by atomic mass is 9.97. The van der Waals surface area contributed by atoms with Gasteiger partial charge in [0.15, 0.2) is 5.92 Å². The number of carbonyl (C=O) groups is 4. The number of hydrogen-bond donors (Lipinski definition) is 1. The SMILES string of the molecule is CCOC(=O)CNC(=O)CSC1=C(CC)C=NC2=[N+](C)C(=O)N(C)C(=O)C12. The van der Waals surface area contributed by atoms with E-state index in [1.54, 1.807) is 20.2 Å². The molecule has 9 nitrogen and oxygen atoms in total. The van der Waals surface area contributed by atoms with Crippen LogP contribution in [-0.4, -0.2) is 78.3 Å². The first-order valence-electron chi connectivity index (χ1n) is 8.56. The molecule has 2 aliphatic rings. The third-order valence-electron chi connectivity index (χ3n) is 4.16. The maximum absolute atomic E-state index is 12.7. The van der Waals surface area contributed by atoms with Gasteiger partial charge in [0.2, 0.25) is 5.91 Å². The number of rotatable bonds is 7. The second-order valence-electron chi connectivity index (χ2n) is 5.90. The molecule has 0 aromatic carbocycles. The minimum Gasteiger partial charge on any atom is -0.465 e. The van der Waals surface area contributed by atoms with Gasteiger partial charge in [-0.25, -0.2) is 4.79 Å². The van der Waals surface area contributed by atoms with Crippen LogP contribution in [0.5, 0.6) is 0 Å². The summed E-state index contributed by atoms with van der Waals surface area (Å²) in [6.45, 7) is 3.67. The van der Waals surface area contributed by atoms with Crippen LogP contribution in [0.15, 0.2) is 15.5 Å². The van der Waals surface area contributed by atoms with Gasteiger partial charge in [-0.1, -0.05) is 6.92 Å². The quantitative estimate of drug-likeness (QED) is 0.494. The van der Waals surface area contributed by atoms with Crippen LogP contribution in [-0.2, 0) is 19.1 Å². The molecule has 0 radical (unpaired) electrons. The van der Waals surface area contributed by atoms with Gasteiger partial charge in [-0.05, 0) is 18.9 Å². The summed E-state index contributed by atoms with van der Waals surface area (Å²) in [6.07, 6.45) is 2.27. The zero-order chi connectivity index (χ0) is 20.1. The van der Waals surface area contributed by atoms with Gasteiger partial charge in [0.1, 0.15) is 12.8 Å². The second kappa shape index (κ2) is 8.94. The number of imide groups is 1. The summed E-state index contributed by atoms with van der Waals surface area (Å²) < 4.78 is 6.11. The fourth-order valence-electron chi connectivity index (χ4n) is 2.72. The lowest BCUT2D eigenvalue weighted by molar-refractivity contribution is -0.407. The first kappa shape index (κ1) is 20.8. The number of allylic oxidation sites excluding steroid dienone is 1. The van der Waals surface area contributed by atoms with Gasteiger partial charge in [-0.15, -0.1) is 16.8 Å². The molecule has 1 atom stereocenters. The predicted octanol–water partition coefficient (Wildman–Crippen LogP) is 0.396. The zero-order valence-electron chi connectivity index (χ0n) is 15.8. The number of ether oxygens (including phenoxy) is 1. The molecule has 0 aliphatic carbocycles. The van der Waals surface area contributed by atoms with E-state index in [4.69, 9.17) is 4.74 Å². The molecule has 146 valence electrons. The van der Waals surface area contributed by atoms with Gasteiger partial charge in [-0.2, -0.15) is 9.48 Å². The van der Waals surface area contributed by atoms with Crippen LogP contribution in [0.2, 0.25) is 0 Å². The Morgan fingerprint density at radius 2 is 2.07 bits per heavy atom. The molecule has 10 heteroatoms. The molecule has 0 saturated heterocycles. The number of urea groups is 1. The summed E-state index contributed by atoms with van der Waals surface area (Å²) in [4.78, 5) is 54.2. The average molecular weight is 395 g/mol. The highest BCUT2D eigenvalue weighted by Gasteiger charge is 2.48. The smallest absolute Gasteiger partial charge is 0.445 e. The predicted molar refractivity (Wildman–Crippen MR) is 101 cm³/mol. The highest BCUT2D eigenvalue weighted by atomic mass is 32.2. The molecule has 0 spiro atoms. The van der Waals surface area contributed by atoms with E-state index in [0.717, 1.165) is 10.5 Å². The van der Waals surface area contributed by atoms with Crippen molar-refractivity contribution in [3.05, 3.63) is 10.5 Å². The maximum atomic E-state index is 12.7. The van der Waals surface area contributed by atoms with Crippen LogP contribution < -0.4 is 5.32 Å². The standard InChI is InChI=1S/C17H22N4O5S/c1-5-10-7-19-15-13(16(24)21(4)17(25)20(15)3)14(10)27-9-11(22)18-8-12(23)26-6-2/h7,13H,5-6,8-9H2,1-4H3/p+1. The topological polar surface area (TPSA) is 108 Å². The Morgan fingerprint density at radius 1 is 1.37 bits per heavy atom. The highest BCUT2D eigenvalue weighted by molar-refractivity contribution is 8.03. The first-order chi connectivity index (χ1) is 12.8. The summed E-state index contributed by atoms with van der Waals surface area (Å²) in [5, 5.41) is 2.49. The van der Waals surface area contributed by atoms with Crippen molar-refractivity contribution in [2.75, 3.05) is 33.0 Å². The largest absolute Gasteiger partial charge is 0.465 e. The zero-order valence-corrected chi connectivity index (χ0v) is 16.6. The Balaban J connectivity index is 2.16. The van der Waals surface area contributed by atoms with Gasteiger partial charge in [-0.3, -0.25) is 14.4 Å². The molecule has 2 heterocycles.